The van der Waals surface area contributed by atoms with Gasteiger partial charge in [0.1, 0.15) is 5.82 Å². The molecule has 0 bridgehead atoms. The molecule has 0 N–H and O–H groups in total. The maximum atomic E-state index is 13.0. The molecule has 1 aromatic carbocycles. The number of carbonyl (C=O) groups excluding carboxylic acids is 2. The van der Waals surface area contributed by atoms with E-state index in [0.29, 0.717) is 13.1 Å². The third-order valence-electron chi connectivity index (χ3n) is 2.79. The third-order valence-corrected chi connectivity index (χ3v) is 2.79. The second-order valence-electron chi connectivity index (χ2n) is 4.53. The Kier molecular flexibility index (Phi) is 6.64. The minimum Gasteiger partial charge on any atom is -0.339 e. The van der Waals surface area contributed by atoms with Crippen molar-refractivity contribution in [1.29, 1.82) is 0 Å². The smallest absolute Gasteiger partial charge is 0.246 e. The van der Waals surface area contributed by atoms with E-state index >= 15 is 0 Å². The maximum Gasteiger partial charge on any atom is 0.246 e. The molecule has 0 saturated carbocycles. The van der Waals surface area contributed by atoms with Crippen molar-refractivity contribution in [2.24, 2.45) is 0 Å². The molecule has 0 fully saturated rings. The number of nitrogens with zero attached hydrogens (tertiary/aromatic N) is 1. The Morgan fingerprint density at radius 2 is 1.80 bits per heavy atom. The molecule has 0 atom stereocenters. The molecule has 1 rings (SSSR count). The van der Waals surface area contributed by atoms with Gasteiger partial charge in [-0.3, -0.25) is 9.59 Å². The summed E-state index contributed by atoms with van der Waals surface area (Å²) < 4.78 is 13.0. The van der Waals surface area contributed by atoms with Crippen LogP contribution in [0.3, 0.4) is 0 Å². The average molecular weight is 277 g/mol. The van der Waals surface area contributed by atoms with Crippen LogP contribution in [0.5, 0.6) is 0 Å². The lowest BCUT2D eigenvalue weighted by Crippen LogP contribution is -2.31. The number of hydrogen-bond acceptors (Lipinski definition) is 2. The second kappa shape index (κ2) is 8.25. The molecular weight excluding hydrogens is 257 g/mol. The van der Waals surface area contributed by atoms with Crippen molar-refractivity contribution in [2.75, 3.05) is 13.1 Å². The van der Waals surface area contributed by atoms with Gasteiger partial charge in [0.15, 0.2) is 5.78 Å². The molecule has 3 nitrogen and oxygen atoms in total. The SMILES string of the molecule is CCCN(CCC)C(=O)/C=C/C(=O)c1cccc(F)c1. The van der Waals surface area contributed by atoms with Gasteiger partial charge in [0.05, 0.1) is 0 Å². The monoisotopic (exact) mass is 277 g/mol. The van der Waals surface area contributed by atoms with Crippen molar-refractivity contribution in [2.45, 2.75) is 26.7 Å². The van der Waals surface area contributed by atoms with Crippen molar-refractivity contribution >= 4 is 11.7 Å². The molecule has 0 aliphatic carbocycles. The quantitative estimate of drug-likeness (QED) is 0.567. The summed E-state index contributed by atoms with van der Waals surface area (Å²) in [6.45, 7) is 5.34. The fourth-order valence-corrected chi connectivity index (χ4v) is 1.86. The van der Waals surface area contributed by atoms with Crippen LogP contribution < -0.4 is 0 Å². The summed E-state index contributed by atoms with van der Waals surface area (Å²) in [4.78, 5) is 25.5. The number of carbonyl (C=O) groups is 2. The predicted molar refractivity (Wildman–Crippen MR) is 77.0 cm³/mol. The molecule has 0 aromatic heterocycles. The zero-order chi connectivity index (χ0) is 15.0. The molecule has 1 amide bonds. The Morgan fingerprint density at radius 1 is 1.15 bits per heavy atom. The zero-order valence-electron chi connectivity index (χ0n) is 11.9. The van der Waals surface area contributed by atoms with Crippen LogP contribution in [0, 0.1) is 5.82 Å². The standard InChI is InChI=1S/C16H20FNO2/c1-3-10-18(11-4-2)16(20)9-8-15(19)13-6-5-7-14(17)12-13/h5-9,12H,3-4,10-11H2,1-2H3/b9-8+. The summed E-state index contributed by atoms with van der Waals surface area (Å²) in [5.74, 6) is -1.02. The summed E-state index contributed by atoms with van der Waals surface area (Å²) in [5.41, 5.74) is 0.242. The summed E-state index contributed by atoms with van der Waals surface area (Å²) >= 11 is 0. The molecule has 0 spiro atoms. The van der Waals surface area contributed by atoms with E-state index < -0.39 is 5.82 Å². The Bertz CT molecular complexity index is 491. The van der Waals surface area contributed by atoms with Crippen molar-refractivity contribution in [3.8, 4) is 0 Å². The Hall–Kier alpha value is -1.97. The zero-order valence-corrected chi connectivity index (χ0v) is 11.9. The first-order valence-electron chi connectivity index (χ1n) is 6.85. The Balaban J connectivity index is 2.70. The minimum absolute atomic E-state index is 0.182. The Morgan fingerprint density at radius 3 is 2.35 bits per heavy atom. The van der Waals surface area contributed by atoms with Crippen LogP contribution >= 0.6 is 0 Å². The highest BCUT2D eigenvalue weighted by Gasteiger charge is 2.09. The van der Waals surface area contributed by atoms with Gasteiger partial charge in [-0.05, 0) is 31.1 Å². The van der Waals surface area contributed by atoms with E-state index in [1.54, 1.807) is 4.90 Å². The average Bonchev–Trinajstić information content (AvgIpc) is 2.44. The number of amides is 1. The minimum atomic E-state index is -0.464. The van der Waals surface area contributed by atoms with Gasteiger partial charge in [-0.1, -0.05) is 26.0 Å². The van der Waals surface area contributed by atoms with Crippen molar-refractivity contribution in [3.05, 3.63) is 47.8 Å². The number of rotatable bonds is 7. The van der Waals surface area contributed by atoms with Gasteiger partial charge in [0, 0.05) is 24.7 Å². The van der Waals surface area contributed by atoms with Crippen molar-refractivity contribution in [1.82, 2.24) is 4.90 Å². The molecular formula is C16H20FNO2. The molecule has 4 heteroatoms. The molecule has 20 heavy (non-hydrogen) atoms. The van der Waals surface area contributed by atoms with Crippen molar-refractivity contribution < 1.29 is 14.0 Å². The molecule has 0 radical (unpaired) electrons. The van der Waals surface area contributed by atoms with E-state index in [4.69, 9.17) is 0 Å². The van der Waals surface area contributed by atoms with Gasteiger partial charge >= 0.3 is 0 Å². The van der Waals surface area contributed by atoms with Crippen LogP contribution in [0.4, 0.5) is 4.39 Å². The fraction of sp³-hybridized carbons (Fsp3) is 0.375. The first kappa shape index (κ1) is 16.1. The number of hydrogen-bond donors (Lipinski definition) is 0. The van der Waals surface area contributed by atoms with E-state index in [0.717, 1.165) is 18.9 Å². The second-order valence-corrected chi connectivity index (χ2v) is 4.53. The van der Waals surface area contributed by atoms with E-state index in [1.807, 2.05) is 13.8 Å². The van der Waals surface area contributed by atoms with Gasteiger partial charge in [-0.2, -0.15) is 0 Å². The highest BCUT2D eigenvalue weighted by Crippen LogP contribution is 2.05. The van der Waals surface area contributed by atoms with Gasteiger partial charge < -0.3 is 4.90 Å². The van der Waals surface area contributed by atoms with E-state index in [2.05, 4.69) is 0 Å². The highest BCUT2D eigenvalue weighted by atomic mass is 19.1. The van der Waals surface area contributed by atoms with Gasteiger partial charge in [0.25, 0.3) is 0 Å². The summed E-state index contributed by atoms with van der Waals surface area (Å²) in [7, 11) is 0. The number of benzene rings is 1. The van der Waals surface area contributed by atoms with E-state index in [9.17, 15) is 14.0 Å². The third kappa shape index (κ3) is 4.96. The topological polar surface area (TPSA) is 37.4 Å². The van der Waals surface area contributed by atoms with Gasteiger partial charge in [-0.25, -0.2) is 4.39 Å². The maximum absolute atomic E-state index is 13.0. The fourth-order valence-electron chi connectivity index (χ4n) is 1.86. The highest BCUT2D eigenvalue weighted by molar-refractivity contribution is 6.07. The largest absolute Gasteiger partial charge is 0.339 e. The molecule has 0 aliphatic rings. The summed E-state index contributed by atoms with van der Waals surface area (Å²) in [6.07, 6.45) is 4.21. The summed E-state index contributed by atoms with van der Waals surface area (Å²) in [5, 5.41) is 0. The van der Waals surface area contributed by atoms with Crippen LogP contribution in [0.25, 0.3) is 0 Å². The first-order chi connectivity index (χ1) is 9.58. The van der Waals surface area contributed by atoms with Crippen LogP contribution in [0.1, 0.15) is 37.0 Å². The Labute approximate surface area is 119 Å². The van der Waals surface area contributed by atoms with Crippen molar-refractivity contribution in [3.63, 3.8) is 0 Å². The number of halogens is 1. The van der Waals surface area contributed by atoms with Crippen LogP contribution in [0.15, 0.2) is 36.4 Å². The first-order valence-corrected chi connectivity index (χ1v) is 6.85. The molecule has 0 saturated heterocycles. The molecule has 1 aromatic rings. The normalized spacial score (nSPS) is 10.8. The molecule has 108 valence electrons. The predicted octanol–water partition coefficient (Wildman–Crippen LogP) is 3.21. The van der Waals surface area contributed by atoms with Gasteiger partial charge in [-0.15, -0.1) is 0 Å². The van der Waals surface area contributed by atoms with E-state index in [-0.39, 0.29) is 17.3 Å². The molecule has 0 heterocycles. The van der Waals surface area contributed by atoms with Crippen LogP contribution in [-0.4, -0.2) is 29.7 Å². The lowest BCUT2D eigenvalue weighted by atomic mass is 10.1. The van der Waals surface area contributed by atoms with Crippen LogP contribution in [-0.2, 0) is 4.79 Å². The lowest BCUT2D eigenvalue weighted by Gasteiger charge is -2.19. The van der Waals surface area contributed by atoms with Crippen LogP contribution in [0.2, 0.25) is 0 Å². The van der Waals surface area contributed by atoms with E-state index in [1.165, 1.54) is 30.4 Å². The summed E-state index contributed by atoms with van der Waals surface area (Å²) in [6, 6.07) is 5.43. The number of allylic oxidation sites excluding steroid dienone is 1. The lowest BCUT2D eigenvalue weighted by molar-refractivity contribution is -0.126. The molecule has 0 unspecified atom stereocenters. The molecule has 0 aliphatic heterocycles. The van der Waals surface area contributed by atoms with Gasteiger partial charge in [0.2, 0.25) is 5.91 Å². The number of ketones is 1.